The van der Waals surface area contributed by atoms with Crippen LogP contribution in [0.5, 0.6) is 0 Å². The Labute approximate surface area is 62.5 Å². The minimum Gasteiger partial charge on any atom is -0.244 e. The van der Waals surface area contributed by atoms with Gasteiger partial charge in [-0.3, -0.25) is 0 Å². The normalized spacial score (nSPS) is 9.82. The van der Waals surface area contributed by atoms with Crippen molar-refractivity contribution in [2.45, 2.75) is 0 Å². The topological polar surface area (TPSA) is 67.3 Å². The number of rotatable bonds is 1. The van der Waals surface area contributed by atoms with Gasteiger partial charge in [-0.2, -0.15) is 15.4 Å². The molecule has 0 saturated carbocycles. The summed E-state index contributed by atoms with van der Waals surface area (Å²) in [4.78, 5) is 7.70. The van der Waals surface area contributed by atoms with E-state index in [9.17, 15) is 0 Å². The molecule has 2 rings (SSSR count). The Morgan fingerprint density at radius 3 is 2.55 bits per heavy atom. The molecule has 0 radical (unpaired) electrons. The van der Waals surface area contributed by atoms with Crippen molar-refractivity contribution in [3.8, 4) is 11.3 Å². The second kappa shape index (κ2) is 2.45. The fraction of sp³-hybridized carbons (Fsp3) is 0. The Kier molecular flexibility index (Phi) is 1.33. The number of aromatic amines is 1. The summed E-state index contributed by atoms with van der Waals surface area (Å²) in [5, 5.41) is 10.0. The number of nitrogens with zero attached hydrogens (tertiary/aromatic N) is 4. The van der Waals surface area contributed by atoms with Crippen LogP contribution in [0.2, 0.25) is 0 Å². The molecule has 0 saturated heterocycles. The molecule has 0 aromatic carbocycles. The van der Waals surface area contributed by atoms with Crippen molar-refractivity contribution in [3.05, 3.63) is 24.9 Å². The van der Waals surface area contributed by atoms with E-state index in [1.165, 1.54) is 6.33 Å². The van der Waals surface area contributed by atoms with Gasteiger partial charge in [0.15, 0.2) is 0 Å². The van der Waals surface area contributed by atoms with Gasteiger partial charge in [-0.05, 0) is 0 Å². The molecule has 54 valence electrons. The second-order valence-corrected chi connectivity index (χ2v) is 1.98. The van der Waals surface area contributed by atoms with Crippen molar-refractivity contribution in [1.29, 1.82) is 0 Å². The van der Waals surface area contributed by atoms with Crippen LogP contribution in [-0.2, 0) is 0 Å². The molecule has 1 N–H and O–H groups in total. The lowest BCUT2D eigenvalue weighted by atomic mass is 10.3. The molecule has 0 unspecified atom stereocenters. The van der Waals surface area contributed by atoms with E-state index in [-0.39, 0.29) is 0 Å². The maximum Gasteiger partial charge on any atom is 0.115 e. The van der Waals surface area contributed by atoms with Crippen LogP contribution in [0.4, 0.5) is 0 Å². The van der Waals surface area contributed by atoms with E-state index in [1.54, 1.807) is 18.6 Å². The van der Waals surface area contributed by atoms with Crippen molar-refractivity contribution in [2.75, 3.05) is 0 Å². The number of nitrogens with one attached hydrogen (secondary N) is 1. The minimum absolute atomic E-state index is 0.755. The molecule has 2 aromatic heterocycles. The van der Waals surface area contributed by atoms with Crippen LogP contribution in [0.25, 0.3) is 11.3 Å². The Morgan fingerprint density at radius 2 is 1.91 bits per heavy atom. The maximum absolute atomic E-state index is 3.87. The van der Waals surface area contributed by atoms with Gasteiger partial charge >= 0.3 is 0 Å². The number of H-pyrrole nitrogens is 1. The molecule has 0 aliphatic heterocycles. The molecule has 5 heteroatoms. The molecule has 0 spiro atoms. The molecule has 0 aliphatic rings. The standard InChI is InChI=1S/C6H5N5/c1-5(2-8-4-7-1)6-3-9-11-10-6/h1-4H,(H,9,10,11). The molecule has 0 bridgehead atoms. The first kappa shape index (κ1) is 5.96. The second-order valence-electron chi connectivity index (χ2n) is 1.98. The first-order valence-corrected chi connectivity index (χ1v) is 3.08. The predicted octanol–water partition coefficient (Wildman–Crippen LogP) is 0.262. The Hall–Kier alpha value is -1.78. The maximum atomic E-state index is 3.87. The summed E-state index contributed by atoms with van der Waals surface area (Å²) in [5.41, 5.74) is 1.62. The third kappa shape index (κ3) is 1.07. The summed E-state index contributed by atoms with van der Waals surface area (Å²) in [5.74, 6) is 0. The summed E-state index contributed by atoms with van der Waals surface area (Å²) in [7, 11) is 0. The van der Waals surface area contributed by atoms with Crippen molar-refractivity contribution in [1.82, 2.24) is 25.4 Å². The van der Waals surface area contributed by atoms with Crippen LogP contribution in [0.3, 0.4) is 0 Å². The molecule has 11 heavy (non-hydrogen) atoms. The smallest absolute Gasteiger partial charge is 0.115 e. The van der Waals surface area contributed by atoms with Gasteiger partial charge in [0.2, 0.25) is 0 Å². The number of hydrogen-bond donors (Lipinski definition) is 1. The highest BCUT2D eigenvalue weighted by atomic mass is 15.3. The fourth-order valence-electron chi connectivity index (χ4n) is 0.772. The zero-order valence-corrected chi connectivity index (χ0v) is 5.60. The number of aromatic nitrogens is 5. The number of hydrogen-bond acceptors (Lipinski definition) is 4. The lowest BCUT2D eigenvalue weighted by Crippen LogP contribution is -1.81. The van der Waals surface area contributed by atoms with Crippen molar-refractivity contribution < 1.29 is 0 Å². The third-order valence-corrected chi connectivity index (χ3v) is 1.27. The van der Waals surface area contributed by atoms with Crippen molar-refractivity contribution >= 4 is 0 Å². The minimum atomic E-state index is 0.755. The van der Waals surface area contributed by atoms with Crippen LogP contribution in [-0.4, -0.2) is 25.4 Å². The first-order valence-electron chi connectivity index (χ1n) is 3.08. The van der Waals surface area contributed by atoms with E-state index in [1.807, 2.05) is 0 Å². The SMILES string of the molecule is c1ncc(-c2cn[nH]n2)cn1. The van der Waals surface area contributed by atoms with Crippen LogP contribution in [0.1, 0.15) is 0 Å². The molecular formula is C6H5N5. The van der Waals surface area contributed by atoms with E-state index in [4.69, 9.17) is 0 Å². The highest BCUT2D eigenvalue weighted by Gasteiger charge is 1.98. The van der Waals surface area contributed by atoms with E-state index >= 15 is 0 Å². The Balaban J connectivity index is 2.46. The summed E-state index contributed by atoms with van der Waals surface area (Å²) < 4.78 is 0. The van der Waals surface area contributed by atoms with Crippen LogP contribution >= 0.6 is 0 Å². The van der Waals surface area contributed by atoms with Gasteiger partial charge in [0.05, 0.1) is 6.20 Å². The predicted molar refractivity (Wildman–Crippen MR) is 37.4 cm³/mol. The highest BCUT2D eigenvalue weighted by molar-refractivity contribution is 5.54. The molecule has 2 aromatic rings. The van der Waals surface area contributed by atoms with Gasteiger partial charge in [-0.15, -0.1) is 0 Å². The van der Waals surface area contributed by atoms with Crippen LogP contribution < -0.4 is 0 Å². The molecule has 0 atom stereocenters. The van der Waals surface area contributed by atoms with Crippen molar-refractivity contribution in [3.63, 3.8) is 0 Å². The summed E-state index contributed by atoms with van der Waals surface area (Å²) in [6, 6.07) is 0. The summed E-state index contributed by atoms with van der Waals surface area (Å²) in [6.45, 7) is 0. The largest absolute Gasteiger partial charge is 0.244 e. The lowest BCUT2D eigenvalue weighted by Gasteiger charge is -1.89. The van der Waals surface area contributed by atoms with Gasteiger partial charge in [-0.1, -0.05) is 0 Å². The Bertz CT molecular complexity index is 314. The monoisotopic (exact) mass is 147 g/mol. The van der Waals surface area contributed by atoms with E-state index in [0.717, 1.165) is 11.3 Å². The molecular weight excluding hydrogens is 142 g/mol. The Morgan fingerprint density at radius 1 is 1.09 bits per heavy atom. The average Bonchev–Trinajstić information content (AvgIpc) is 2.58. The van der Waals surface area contributed by atoms with Gasteiger partial charge in [0, 0.05) is 18.0 Å². The molecule has 0 fully saturated rings. The van der Waals surface area contributed by atoms with Crippen LogP contribution in [0, 0.1) is 0 Å². The zero-order valence-electron chi connectivity index (χ0n) is 5.60. The zero-order chi connectivity index (χ0) is 7.52. The average molecular weight is 147 g/mol. The third-order valence-electron chi connectivity index (χ3n) is 1.27. The first-order chi connectivity index (χ1) is 5.47. The van der Waals surface area contributed by atoms with Gasteiger partial charge in [0.1, 0.15) is 12.0 Å². The molecule has 0 aliphatic carbocycles. The highest BCUT2D eigenvalue weighted by Crippen LogP contribution is 2.10. The van der Waals surface area contributed by atoms with Gasteiger partial charge in [0.25, 0.3) is 0 Å². The molecule has 5 nitrogen and oxygen atoms in total. The fourth-order valence-corrected chi connectivity index (χ4v) is 0.772. The van der Waals surface area contributed by atoms with Gasteiger partial charge in [-0.25, -0.2) is 9.97 Å². The van der Waals surface area contributed by atoms with E-state index < -0.39 is 0 Å². The summed E-state index contributed by atoms with van der Waals surface area (Å²) >= 11 is 0. The van der Waals surface area contributed by atoms with Crippen LogP contribution in [0.15, 0.2) is 24.9 Å². The quantitative estimate of drug-likeness (QED) is 0.628. The van der Waals surface area contributed by atoms with E-state index in [0.29, 0.717) is 0 Å². The van der Waals surface area contributed by atoms with Crippen molar-refractivity contribution in [2.24, 2.45) is 0 Å². The molecule has 0 amide bonds. The molecule has 2 heterocycles. The summed E-state index contributed by atoms with van der Waals surface area (Å²) in [6.07, 6.45) is 6.47. The van der Waals surface area contributed by atoms with Gasteiger partial charge < -0.3 is 0 Å². The lowest BCUT2D eigenvalue weighted by molar-refractivity contribution is 0.941. The van der Waals surface area contributed by atoms with E-state index in [2.05, 4.69) is 25.4 Å².